The summed E-state index contributed by atoms with van der Waals surface area (Å²) in [6.07, 6.45) is 8.38. The molecule has 0 aromatic carbocycles. The fourth-order valence-electron chi connectivity index (χ4n) is 3.57. The van der Waals surface area contributed by atoms with Crippen LogP contribution >= 0.6 is 0 Å². The molecule has 0 spiro atoms. The number of ether oxygens (including phenoxy) is 1. The van der Waals surface area contributed by atoms with E-state index >= 15 is 0 Å². The quantitative estimate of drug-likeness (QED) is 0.787. The molecule has 2 fully saturated rings. The Bertz CT molecular complexity index is 235. The summed E-state index contributed by atoms with van der Waals surface area (Å²) in [6.45, 7) is 6.83. The van der Waals surface area contributed by atoms with Crippen molar-refractivity contribution < 1.29 is 4.74 Å². The van der Waals surface area contributed by atoms with Crippen LogP contribution in [0.2, 0.25) is 0 Å². The molecule has 106 valence electrons. The number of nitrogens with one attached hydrogen (secondary N) is 1. The third-order valence-corrected chi connectivity index (χ3v) is 4.54. The highest BCUT2D eigenvalue weighted by atomic mass is 16.5. The Balaban J connectivity index is 1.74. The molecule has 1 aliphatic heterocycles. The van der Waals surface area contributed by atoms with E-state index in [-0.39, 0.29) is 0 Å². The molecule has 0 aromatic rings. The third kappa shape index (κ3) is 3.94. The summed E-state index contributed by atoms with van der Waals surface area (Å²) in [4.78, 5) is 2.64. The number of rotatable bonds is 6. The smallest absolute Gasteiger partial charge is 0.0702 e. The molecule has 3 atom stereocenters. The lowest BCUT2D eigenvalue weighted by molar-refractivity contribution is -0.00447. The van der Waals surface area contributed by atoms with Crippen LogP contribution in [0.15, 0.2) is 0 Å². The number of likely N-dealkylation sites (tertiary alicyclic amines) is 1. The van der Waals surface area contributed by atoms with E-state index in [9.17, 15) is 0 Å². The van der Waals surface area contributed by atoms with Crippen molar-refractivity contribution in [1.29, 1.82) is 0 Å². The third-order valence-electron chi connectivity index (χ3n) is 4.54. The molecule has 1 heterocycles. The van der Waals surface area contributed by atoms with Gasteiger partial charge in [0.2, 0.25) is 0 Å². The predicted molar refractivity (Wildman–Crippen MR) is 75.9 cm³/mol. The first-order valence-electron chi connectivity index (χ1n) is 7.84. The molecule has 0 amide bonds. The van der Waals surface area contributed by atoms with Gasteiger partial charge in [-0.05, 0) is 51.6 Å². The van der Waals surface area contributed by atoms with Crippen molar-refractivity contribution in [2.45, 2.75) is 57.6 Å². The molecule has 0 aromatic heterocycles. The van der Waals surface area contributed by atoms with Gasteiger partial charge in [-0.3, -0.25) is 0 Å². The van der Waals surface area contributed by atoms with E-state index in [1.807, 2.05) is 0 Å². The molecule has 0 bridgehead atoms. The fourth-order valence-corrected chi connectivity index (χ4v) is 3.57. The van der Waals surface area contributed by atoms with Gasteiger partial charge >= 0.3 is 0 Å². The molecule has 2 aliphatic rings. The van der Waals surface area contributed by atoms with Crippen molar-refractivity contribution >= 4 is 0 Å². The average Bonchev–Trinajstić information content (AvgIpc) is 2.84. The Morgan fingerprint density at radius 2 is 2.11 bits per heavy atom. The number of piperidine rings is 1. The van der Waals surface area contributed by atoms with Gasteiger partial charge in [0.1, 0.15) is 0 Å². The zero-order chi connectivity index (χ0) is 12.8. The zero-order valence-corrected chi connectivity index (χ0v) is 12.2. The lowest BCUT2D eigenvalue weighted by atomic mass is 10.0. The van der Waals surface area contributed by atoms with E-state index in [2.05, 4.69) is 24.2 Å². The Morgan fingerprint density at radius 3 is 2.89 bits per heavy atom. The highest BCUT2D eigenvalue weighted by Crippen LogP contribution is 2.27. The van der Waals surface area contributed by atoms with E-state index in [0.717, 1.165) is 31.5 Å². The molecule has 0 radical (unpaired) electrons. The second kappa shape index (κ2) is 7.46. The standard InChI is InChI=1S/C15H30N2O/c1-3-10-18-14-7-5-9-17(12-14)11-13-6-4-8-15(13)16-2/h13-16H,3-12H2,1-2H3. The fraction of sp³-hybridized carbons (Fsp3) is 1.00. The van der Waals surface area contributed by atoms with Gasteiger partial charge in [0.15, 0.2) is 0 Å². The van der Waals surface area contributed by atoms with Gasteiger partial charge in [0.25, 0.3) is 0 Å². The highest BCUT2D eigenvalue weighted by molar-refractivity contribution is 4.86. The monoisotopic (exact) mass is 254 g/mol. The first kappa shape index (κ1) is 14.3. The van der Waals surface area contributed by atoms with Crippen LogP contribution in [-0.2, 0) is 4.74 Å². The summed E-state index contributed by atoms with van der Waals surface area (Å²) in [7, 11) is 2.12. The Morgan fingerprint density at radius 1 is 1.22 bits per heavy atom. The van der Waals surface area contributed by atoms with Crippen LogP contribution in [0.25, 0.3) is 0 Å². The summed E-state index contributed by atoms with van der Waals surface area (Å²) in [6, 6.07) is 0.752. The minimum atomic E-state index is 0.494. The van der Waals surface area contributed by atoms with Crippen LogP contribution in [0.4, 0.5) is 0 Å². The lowest BCUT2D eigenvalue weighted by Crippen LogP contribution is -2.44. The maximum atomic E-state index is 5.92. The largest absolute Gasteiger partial charge is 0.377 e. The second-order valence-corrected chi connectivity index (χ2v) is 5.98. The maximum Gasteiger partial charge on any atom is 0.0702 e. The summed E-state index contributed by atoms with van der Waals surface area (Å²) >= 11 is 0. The van der Waals surface area contributed by atoms with Crippen molar-refractivity contribution in [2.75, 3.05) is 33.3 Å². The molecule has 3 nitrogen and oxygen atoms in total. The molecule has 1 saturated heterocycles. The van der Waals surface area contributed by atoms with E-state index in [1.54, 1.807) is 0 Å². The van der Waals surface area contributed by atoms with E-state index < -0.39 is 0 Å². The van der Waals surface area contributed by atoms with E-state index in [0.29, 0.717) is 6.10 Å². The molecule has 1 N–H and O–H groups in total. The van der Waals surface area contributed by atoms with Crippen LogP contribution in [0, 0.1) is 5.92 Å². The van der Waals surface area contributed by atoms with Crippen molar-refractivity contribution in [3.8, 4) is 0 Å². The first-order valence-corrected chi connectivity index (χ1v) is 7.84. The minimum absolute atomic E-state index is 0.494. The van der Waals surface area contributed by atoms with Crippen LogP contribution < -0.4 is 5.32 Å². The lowest BCUT2D eigenvalue weighted by Gasteiger charge is -2.35. The molecule has 18 heavy (non-hydrogen) atoms. The van der Waals surface area contributed by atoms with Crippen LogP contribution in [0.1, 0.15) is 45.4 Å². The summed E-state index contributed by atoms with van der Waals surface area (Å²) in [5, 5.41) is 3.49. The van der Waals surface area contributed by atoms with Gasteiger partial charge in [-0.1, -0.05) is 13.3 Å². The Labute approximate surface area is 112 Å². The molecule has 3 unspecified atom stereocenters. The van der Waals surface area contributed by atoms with Gasteiger partial charge in [-0.15, -0.1) is 0 Å². The van der Waals surface area contributed by atoms with E-state index in [4.69, 9.17) is 4.74 Å². The van der Waals surface area contributed by atoms with Crippen LogP contribution in [0.5, 0.6) is 0 Å². The van der Waals surface area contributed by atoms with Gasteiger partial charge in [-0.25, -0.2) is 0 Å². The molecule has 3 heteroatoms. The second-order valence-electron chi connectivity index (χ2n) is 5.98. The average molecular weight is 254 g/mol. The Kier molecular flexibility index (Phi) is 5.93. The van der Waals surface area contributed by atoms with Crippen molar-refractivity contribution in [2.24, 2.45) is 5.92 Å². The van der Waals surface area contributed by atoms with Gasteiger partial charge in [-0.2, -0.15) is 0 Å². The van der Waals surface area contributed by atoms with Crippen LogP contribution in [-0.4, -0.2) is 50.3 Å². The normalized spacial score (nSPS) is 34.0. The summed E-state index contributed by atoms with van der Waals surface area (Å²) in [5.41, 5.74) is 0. The topological polar surface area (TPSA) is 24.5 Å². The van der Waals surface area contributed by atoms with Gasteiger partial charge in [0, 0.05) is 25.7 Å². The minimum Gasteiger partial charge on any atom is -0.377 e. The van der Waals surface area contributed by atoms with Crippen molar-refractivity contribution in [3.05, 3.63) is 0 Å². The SMILES string of the molecule is CCCOC1CCCN(CC2CCCC2NC)C1. The zero-order valence-electron chi connectivity index (χ0n) is 12.2. The molecule has 2 rings (SSSR count). The molecule has 1 aliphatic carbocycles. The Hall–Kier alpha value is -0.120. The van der Waals surface area contributed by atoms with E-state index in [1.165, 1.54) is 45.2 Å². The molecule has 1 saturated carbocycles. The van der Waals surface area contributed by atoms with Gasteiger partial charge < -0.3 is 15.0 Å². The van der Waals surface area contributed by atoms with Crippen molar-refractivity contribution in [1.82, 2.24) is 10.2 Å². The summed E-state index contributed by atoms with van der Waals surface area (Å²) in [5.74, 6) is 0.861. The summed E-state index contributed by atoms with van der Waals surface area (Å²) < 4.78 is 5.92. The van der Waals surface area contributed by atoms with Crippen LogP contribution in [0.3, 0.4) is 0 Å². The highest BCUT2D eigenvalue weighted by Gasteiger charge is 2.29. The van der Waals surface area contributed by atoms with Gasteiger partial charge in [0.05, 0.1) is 6.10 Å². The molecular weight excluding hydrogens is 224 g/mol. The maximum absolute atomic E-state index is 5.92. The first-order chi connectivity index (χ1) is 8.83. The van der Waals surface area contributed by atoms with Crippen molar-refractivity contribution in [3.63, 3.8) is 0 Å². The predicted octanol–water partition coefficient (Wildman–Crippen LogP) is 2.27. The molecular formula is C15H30N2O. The number of nitrogens with zero attached hydrogens (tertiary/aromatic N) is 1. The number of hydrogen-bond acceptors (Lipinski definition) is 3. The number of hydrogen-bond donors (Lipinski definition) is 1.